The first-order valence-corrected chi connectivity index (χ1v) is 8.81. The van der Waals surface area contributed by atoms with Crippen molar-refractivity contribution in [2.75, 3.05) is 5.32 Å². The predicted octanol–water partition coefficient (Wildman–Crippen LogP) is 3.38. The van der Waals surface area contributed by atoms with Gasteiger partial charge in [-0.1, -0.05) is 23.7 Å². The van der Waals surface area contributed by atoms with Gasteiger partial charge in [0.25, 0.3) is 5.91 Å². The van der Waals surface area contributed by atoms with Crippen molar-refractivity contribution < 1.29 is 4.79 Å². The Hall–Kier alpha value is -2.73. The fraction of sp³-hybridized carbons (Fsp3) is 0.263. The lowest BCUT2D eigenvalue weighted by Crippen LogP contribution is -2.23. The molecule has 4 rings (SSSR count). The number of halogens is 1. The fourth-order valence-electron chi connectivity index (χ4n) is 3.19. The van der Waals surface area contributed by atoms with Gasteiger partial charge in [-0.25, -0.2) is 4.99 Å². The molecule has 2 aliphatic rings. The highest BCUT2D eigenvalue weighted by Crippen LogP contribution is 2.51. The number of anilines is 1. The molecule has 1 aliphatic heterocycles. The number of benzene rings is 1. The molecule has 2 aromatic rings. The zero-order chi connectivity index (χ0) is 18.3. The Kier molecular flexibility index (Phi) is 4.00. The smallest absolute Gasteiger partial charge is 0.274 e. The molecule has 132 valence electrons. The number of nitrogens with two attached hydrogens (primary N) is 1. The van der Waals surface area contributed by atoms with Crippen molar-refractivity contribution in [2.24, 2.45) is 21.6 Å². The third kappa shape index (κ3) is 2.97. The molecule has 0 radical (unpaired) electrons. The van der Waals surface area contributed by atoms with Crippen LogP contribution in [-0.2, 0) is 5.66 Å². The molecule has 1 atom stereocenters. The summed E-state index contributed by atoms with van der Waals surface area (Å²) in [4.78, 5) is 25.9. The zero-order valence-electron chi connectivity index (χ0n) is 14.2. The fourth-order valence-corrected chi connectivity index (χ4v) is 3.35. The van der Waals surface area contributed by atoms with E-state index in [1.165, 1.54) is 12.3 Å². The largest absolute Gasteiger partial charge is 0.382 e. The molecule has 7 heteroatoms. The zero-order valence-corrected chi connectivity index (χ0v) is 15.0. The molecule has 1 unspecified atom stereocenters. The Balaban J connectivity index is 1.64. The minimum absolute atomic E-state index is 0.261. The van der Waals surface area contributed by atoms with E-state index in [-0.39, 0.29) is 11.6 Å². The average molecular weight is 368 g/mol. The van der Waals surface area contributed by atoms with Gasteiger partial charge in [0, 0.05) is 28.4 Å². The van der Waals surface area contributed by atoms with Crippen molar-refractivity contribution in [1.29, 1.82) is 0 Å². The molecule has 6 nitrogen and oxygen atoms in total. The van der Waals surface area contributed by atoms with Gasteiger partial charge in [-0.2, -0.15) is 0 Å². The summed E-state index contributed by atoms with van der Waals surface area (Å²) in [6.45, 7) is 1.87. The first-order valence-electron chi connectivity index (χ1n) is 8.43. The number of carbonyl (C=O) groups excluding carboxylic acids is 1. The minimum Gasteiger partial charge on any atom is -0.382 e. The van der Waals surface area contributed by atoms with E-state index in [1.54, 1.807) is 6.07 Å². The maximum absolute atomic E-state index is 12.4. The average Bonchev–Trinajstić information content (AvgIpc) is 3.42. The van der Waals surface area contributed by atoms with Crippen LogP contribution < -0.4 is 11.1 Å². The number of aliphatic imine (C=N–C) groups is 2. The summed E-state index contributed by atoms with van der Waals surface area (Å²) >= 11 is 5.93. The molecule has 26 heavy (non-hydrogen) atoms. The van der Waals surface area contributed by atoms with E-state index in [0.29, 0.717) is 22.5 Å². The number of carbonyl (C=O) groups is 1. The first kappa shape index (κ1) is 16.7. The number of hydrogen-bond acceptors (Lipinski definition) is 5. The van der Waals surface area contributed by atoms with Gasteiger partial charge >= 0.3 is 0 Å². The molecule has 0 saturated heterocycles. The Morgan fingerprint density at radius 3 is 2.73 bits per heavy atom. The Morgan fingerprint density at radius 2 is 2.08 bits per heavy atom. The summed E-state index contributed by atoms with van der Waals surface area (Å²) in [5.41, 5.74) is 7.93. The van der Waals surface area contributed by atoms with Crippen LogP contribution in [-0.4, -0.2) is 22.4 Å². The van der Waals surface area contributed by atoms with Gasteiger partial charge in [-0.15, -0.1) is 0 Å². The van der Waals surface area contributed by atoms with Crippen LogP contribution in [0, 0.1) is 5.92 Å². The second-order valence-corrected chi connectivity index (χ2v) is 7.03. The quantitative estimate of drug-likeness (QED) is 0.867. The number of nitrogens with zero attached hydrogens (tertiary/aromatic N) is 3. The Labute approximate surface area is 156 Å². The van der Waals surface area contributed by atoms with E-state index in [2.05, 4.69) is 15.3 Å². The van der Waals surface area contributed by atoms with E-state index in [0.717, 1.165) is 24.1 Å². The summed E-state index contributed by atoms with van der Waals surface area (Å²) < 4.78 is 0. The summed E-state index contributed by atoms with van der Waals surface area (Å²) in [5, 5.41) is 3.32. The summed E-state index contributed by atoms with van der Waals surface area (Å²) in [6, 6.07) is 10.7. The summed E-state index contributed by atoms with van der Waals surface area (Å²) in [5.74, 6) is 0.507. The minimum atomic E-state index is -0.663. The molecular weight excluding hydrogens is 350 g/mol. The highest BCUT2D eigenvalue weighted by atomic mass is 35.5. The molecule has 0 bridgehead atoms. The van der Waals surface area contributed by atoms with E-state index in [4.69, 9.17) is 22.3 Å². The van der Waals surface area contributed by atoms with Gasteiger partial charge in [0.1, 0.15) is 11.5 Å². The highest BCUT2D eigenvalue weighted by molar-refractivity contribution is 6.41. The van der Waals surface area contributed by atoms with Crippen LogP contribution in [0.25, 0.3) is 0 Å². The van der Waals surface area contributed by atoms with Crippen LogP contribution in [0.5, 0.6) is 0 Å². The van der Waals surface area contributed by atoms with E-state index < -0.39 is 5.66 Å². The van der Waals surface area contributed by atoms with Gasteiger partial charge in [0.2, 0.25) is 0 Å². The topological polar surface area (TPSA) is 92.7 Å². The van der Waals surface area contributed by atoms with Gasteiger partial charge in [0.15, 0.2) is 5.66 Å². The lowest BCUT2D eigenvalue weighted by atomic mass is 9.95. The van der Waals surface area contributed by atoms with E-state index in [1.807, 2.05) is 31.2 Å². The number of nitrogens with one attached hydrogen (secondary N) is 1. The molecule has 1 aromatic heterocycles. The standard InChI is InChI=1S/C19H18ClN5O/c1-11-17(21)25-19(24-11,12-5-6-12)13-3-2-4-15(9-13)23-18(26)16-10-14(20)7-8-22-16/h2-4,7-10,12H,5-6H2,1H3,(H2,21,25)(H,23,26). The first-order chi connectivity index (χ1) is 12.5. The number of pyridine rings is 1. The van der Waals surface area contributed by atoms with Crippen LogP contribution in [0.2, 0.25) is 5.02 Å². The van der Waals surface area contributed by atoms with Crippen molar-refractivity contribution in [3.05, 3.63) is 58.9 Å². The highest BCUT2D eigenvalue weighted by Gasteiger charge is 2.49. The van der Waals surface area contributed by atoms with Gasteiger partial charge < -0.3 is 11.1 Å². The van der Waals surface area contributed by atoms with Crippen molar-refractivity contribution in [2.45, 2.75) is 25.4 Å². The molecule has 1 saturated carbocycles. The molecule has 1 amide bonds. The summed E-state index contributed by atoms with van der Waals surface area (Å²) in [7, 11) is 0. The van der Waals surface area contributed by atoms with E-state index in [9.17, 15) is 4.79 Å². The van der Waals surface area contributed by atoms with Gasteiger partial charge in [-0.3, -0.25) is 14.8 Å². The second-order valence-electron chi connectivity index (χ2n) is 6.59. The summed E-state index contributed by atoms with van der Waals surface area (Å²) in [6.07, 6.45) is 3.64. The van der Waals surface area contributed by atoms with Crippen molar-refractivity contribution in [1.82, 2.24) is 4.98 Å². The van der Waals surface area contributed by atoms with Crippen LogP contribution in [0.1, 0.15) is 35.8 Å². The number of rotatable bonds is 4. The third-order valence-electron chi connectivity index (χ3n) is 4.65. The lowest BCUT2D eigenvalue weighted by Gasteiger charge is -2.24. The van der Waals surface area contributed by atoms with Crippen molar-refractivity contribution in [3.8, 4) is 0 Å². The molecule has 2 heterocycles. The van der Waals surface area contributed by atoms with Crippen molar-refractivity contribution in [3.63, 3.8) is 0 Å². The molecule has 0 spiro atoms. The normalized spacial score (nSPS) is 21.9. The Morgan fingerprint density at radius 1 is 1.27 bits per heavy atom. The number of hydrogen-bond donors (Lipinski definition) is 2. The molecule has 1 aliphatic carbocycles. The number of aromatic nitrogens is 1. The number of amides is 1. The molecule has 1 fully saturated rings. The van der Waals surface area contributed by atoms with Crippen LogP contribution in [0.15, 0.2) is 52.6 Å². The second kappa shape index (κ2) is 6.21. The molecular formula is C19H18ClN5O. The SMILES string of the molecule is CC1=NC(c2cccc(NC(=O)c3cc(Cl)ccn3)c2)(C2CC2)N=C1N. The predicted molar refractivity (Wildman–Crippen MR) is 103 cm³/mol. The van der Waals surface area contributed by atoms with Gasteiger partial charge in [0.05, 0.1) is 5.71 Å². The maximum atomic E-state index is 12.4. The lowest BCUT2D eigenvalue weighted by molar-refractivity contribution is 0.102. The van der Waals surface area contributed by atoms with Crippen LogP contribution in [0.3, 0.4) is 0 Å². The molecule has 3 N–H and O–H groups in total. The monoisotopic (exact) mass is 367 g/mol. The third-order valence-corrected chi connectivity index (χ3v) is 4.88. The number of amidine groups is 1. The molecule has 1 aromatic carbocycles. The van der Waals surface area contributed by atoms with Crippen molar-refractivity contribution >= 4 is 34.7 Å². The van der Waals surface area contributed by atoms with Crippen LogP contribution >= 0.6 is 11.6 Å². The van der Waals surface area contributed by atoms with Crippen LogP contribution in [0.4, 0.5) is 5.69 Å². The van der Waals surface area contributed by atoms with Gasteiger partial charge in [-0.05, 0) is 44.0 Å². The van der Waals surface area contributed by atoms with E-state index >= 15 is 0 Å². The Bertz CT molecular complexity index is 930. The maximum Gasteiger partial charge on any atom is 0.274 e.